The van der Waals surface area contributed by atoms with Gasteiger partial charge in [-0.2, -0.15) is 0 Å². The zero-order chi connectivity index (χ0) is 12.1. The Balaban J connectivity index is 0. The molecule has 1 amide bonds. The van der Waals surface area contributed by atoms with E-state index in [0.717, 1.165) is 6.42 Å². The van der Waals surface area contributed by atoms with Crippen LogP contribution in [0.25, 0.3) is 0 Å². The molecule has 0 aliphatic heterocycles. The molecule has 0 bridgehead atoms. The lowest BCUT2D eigenvalue weighted by atomic mass is 10.1. The van der Waals surface area contributed by atoms with Crippen LogP contribution < -0.4 is 5.73 Å². The SMILES string of the molecule is CCCCCCCCCCCCCC([NH3+])=O.[OH-]. The summed E-state index contributed by atoms with van der Waals surface area (Å²) in [5.74, 6) is 0.0934. The van der Waals surface area contributed by atoms with E-state index < -0.39 is 0 Å². The van der Waals surface area contributed by atoms with Crippen molar-refractivity contribution in [2.75, 3.05) is 0 Å². The third-order valence-corrected chi connectivity index (χ3v) is 3.06. The molecule has 0 spiro atoms. The molecule has 17 heavy (non-hydrogen) atoms. The largest absolute Gasteiger partial charge is 0.870 e. The van der Waals surface area contributed by atoms with E-state index in [-0.39, 0.29) is 11.4 Å². The van der Waals surface area contributed by atoms with Gasteiger partial charge in [0.15, 0.2) is 0 Å². The van der Waals surface area contributed by atoms with Gasteiger partial charge in [-0.25, -0.2) is 4.79 Å². The van der Waals surface area contributed by atoms with Crippen LogP contribution in [0.4, 0.5) is 0 Å². The van der Waals surface area contributed by atoms with Crippen molar-refractivity contribution in [3.63, 3.8) is 0 Å². The zero-order valence-electron chi connectivity index (χ0n) is 11.5. The summed E-state index contributed by atoms with van der Waals surface area (Å²) < 4.78 is 0. The molecule has 104 valence electrons. The van der Waals surface area contributed by atoms with Crippen molar-refractivity contribution in [3.05, 3.63) is 0 Å². The van der Waals surface area contributed by atoms with Crippen LogP contribution in [0, 0.1) is 0 Å². The van der Waals surface area contributed by atoms with Crippen LogP contribution in [0.3, 0.4) is 0 Å². The number of unbranched alkanes of at least 4 members (excludes halogenated alkanes) is 10. The Hall–Kier alpha value is -0.410. The Labute approximate surface area is 106 Å². The van der Waals surface area contributed by atoms with Gasteiger partial charge in [0.2, 0.25) is 0 Å². The highest BCUT2D eigenvalue weighted by Crippen LogP contribution is 2.11. The smallest absolute Gasteiger partial charge is 0.308 e. The lowest BCUT2D eigenvalue weighted by Gasteiger charge is -2.01. The summed E-state index contributed by atoms with van der Waals surface area (Å²) in [5, 5.41) is 0. The highest BCUT2D eigenvalue weighted by molar-refractivity contribution is 5.63. The second-order valence-electron chi connectivity index (χ2n) is 4.82. The first-order chi connectivity index (χ1) is 7.77. The second-order valence-corrected chi connectivity index (χ2v) is 4.82. The summed E-state index contributed by atoms with van der Waals surface area (Å²) in [5.41, 5.74) is 3.38. The van der Waals surface area contributed by atoms with Crippen LogP contribution in [0.5, 0.6) is 0 Å². The van der Waals surface area contributed by atoms with Crippen molar-refractivity contribution >= 4 is 5.91 Å². The monoisotopic (exact) mass is 245 g/mol. The molecule has 0 aliphatic rings. The minimum Gasteiger partial charge on any atom is -0.870 e. The second kappa shape index (κ2) is 15.6. The molecule has 0 rings (SSSR count). The maximum absolute atomic E-state index is 10.6. The van der Waals surface area contributed by atoms with Crippen molar-refractivity contribution in [1.82, 2.24) is 0 Å². The van der Waals surface area contributed by atoms with Crippen LogP contribution in [0.15, 0.2) is 0 Å². The molecule has 0 aromatic carbocycles. The minimum atomic E-state index is 0. The molecule has 0 heterocycles. The first-order valence-corrected chi connectivity index (χ1v) is 7.12. The number of hydrogen-bond acceptors (Lipinski definition) is 2. The van der Waals surface area contributed by atoms with Gasteiger partial charge in [0.25, 0.3) is 0 Å². The van der Waals surface area contributed by atoms with Crippen LogP contribution in [0.2, 0.25) is 0 Å². The molecule has 4 N–H and O–H groups in total. The highest BCUT2D eigenvalue weighted by atomic mass is 16.1. The van der Waals surface area contributed by atoms with Crippen LogP contribution in [-0.2, 0) is 4.79 Å². The lowest BCUT2D eigenvalue weighted by molar-refractivity contribution is -0.305. The number of carbonyl (C=O) groups is 1. The number of carbonyl (C=O) groups excluding carboxylic acids is 1. The molecule has 0 saturated carbocycles. The predicted octanol–water partition coefficient (Wildman–Crippen LogP) is 3.28. The van der Waals surface area contributed by atoms with Gasteiger partial charge in [-0.05, 0) is 6.42 Å². The fourth-order valence-corrected chi connectivity index (χ4v) is 1.99. The van der Waals surface area contributed by atoms with E-state index in [1.165, 1.54) is 64.2 Å². The Morgan fingerprint density at radius 1 is 0.765 bits per heavy atom. The first-order valence-electron chi connectivity index (χ1n) is 7.12. The molecule has 0 saturated heterocycles. The molecule has 0 aromatic rings. The van der Waals surface area contributed by atoms with Crippen molar-refractivity contribution < 1.29 is 16.0 Å². The zero-order valence-corrected chi connectivity index (χ0v) is 11.5. The summed E-state index contributed by atoms with van der Waals surface area (Å²) in [4.78, 5) is 10.6. The average Bonchev–Trinajstić information content (AvgIpc) is 2.25. The van der Waals surface area contributed by atoms with Crippen LogP contribution in [-0.4, -0.2) is 11.4 Å². The summed E-state index contributed by atoms with van der Waals surface area (Å²) in [6.07, 6.45) is 15.3. The van der Waals surface area contributed by atoms with E-state index in [2.05, 4.69) is 12.7 Å². The topological polar surface area (TPSA) is 74.7 Å². The fourth-order valence-electron chi connectivity index (χ4n) is 1.99. The third kappa shape index (κ3) is 18.2. The maximum atomic E-state index is 10.6. The molecule has 0 aliphatic carbocycles. The molecular formula is C14H31NO2. The standard InChI is InChI=1S/C14H29NO.H2O/c1-2-3-4-5-6-7-8-9-10-11-12-13-14(15)16;/h2-13H2,1H3,(H2,15,16);1H2. The summed E-state index contributed by atoms with van der Waals surface area (Å²) in [6.45, 7) is 2.26. The van der Waals surface area contributed by atoms with Gasteiger partial charge in [0.1, 0.15) is 0 Å². The molecule has 0 atom stereocenters. The Kier molecular flexibility index (Phi) is 17.4. The fraction of sp³-hybridized carbons (Fsp3) is 0.929. The van der Waals surface area contributed by atoms with Crippen molar-refractivity contribution in [3.8, 4) is 0 Å². The molecule has 3 heteroatoms. The van der Waals surface area contributed by atoms with Gasteiger partial charge in [0, 0.05) is 0 Å². The molecule has 0 aromatic heterocycles. The van der Waals surface area contributed by atoms with Crippen molar-refractivity contribution in [2.24, 2.45) is 0 Å². The van der Waals surface area contributed by atoms with Crippen molar-refractivity contribution in [1.29, 1.82) is 0 Å². The van der Waals surface area contributed by atoms with Gasteiger partial charge >= 0.3 is 5.91 Å². The summed E-state index contributed by atoms with van der Waals surface area (Å²) in [7, 11) is 0. The number of quaternary nitrogens is 1. The van der Waals surface area contributed by atoms with Gasteiger partial charge in [-0.3, -0.25) is 5.73 Å². The Bertz CT molecular complexity index is 160. The normalized spacial score (nSPS) is 10.0. The highest BCUT2D eigenvalue weighted by Gasteiger charge is 1.97. The quantitative estimate of drug-likeness (QED) is 0.536. The average molecular weight is 245 g/mol. The van der Waals surface area contributed by atoms with E-state index in [0.29, 0.717) is 6.42 Å². The molecule has 0 fully saturated rings. The van der Waals surface area contributed by atoms with Gasteiger partial charge in [0.05, 0.1) is 6.42 Å². The minimum absolute atomic E-state index is 0. The third-order valence-electron chi connectivity index (χ3n) is 3.06. The molecule has 0 radical (unpaired) electrons. The van der Waals surface area contributed by atoms with Crippen LogP contribution in [0.1, 0.15) is 84.0 Å². The first kappa shape index (κ1) is 18.9. The van der Waals surface area contributed by atoms with E-state index in [9.17, 15) is 4.79 Å². The van der Waals surface area contributed by atoms with Gasteiger partial charge in [-0.1, -0.05) is 71.1 Å². The van der Waals surface area contributed by atoms with Gasteiger partial charge in [-0.15, -0.1) is 0 Å². The van der Waals surface area contributed by atoms with E-state index in [4.69, 9.17) is 0 Å². The number of hydrogen-bond donors (Lipinski definition) is 1. The summed E-state index contributed by atoms with van der Waals surface area (Å²) >= 11 is 0. The van der Waals surface area contributed by atoms with E-state index in [1.807, 2.05) is 0 Å². The number of rotatable bonds is 12. The number of amides is 1. The van der Waals surface area contributed by atoms with Crippen molar-refractivity contribution in [2.45, 2.75) is 84.0 Å². The molecule has 3 nitrogen and oxygen atoms in total. The summed E-state index contributed by atoms with van der Waals surface area (Å²) in [6, 6.07) is 0. The van der Waals surface area contributed by atoms with E-state index in [1.54, 1.807) is 0 Å². The Morgan fingerprint density at radius 3 is 1.47 bits per heavy atom. The maximum Gasteiger partial charge on any atom is 0.308 e. The Morgan fingerprint density at radius 2 is 1.12 bits per heavy atom. The molecular weight excluding hydrogens is 214 g/mol. The van der Waals surface area contributed by atoms with Crippen LogP contribution >= 0.6 is 0 Å². The molecule has 0 unspecified atom stereocenters. The van der Waals surface area contributed by atoms with E-state index >= 15 is 0 Å². The van der Waals surface area contributed by atoms with Gasteiger partial charge < -0.3 is 5.48 Å². The lowest BCUT2D eigenvalue weighted by Crippen LogP contribution is -2.56. The predicted molar refractivity (Wildman–Crippen MR) is 70.9 cm³/mol.